The summed E-state index contributed by atoms with van der Waals surface area (Å²) in [7, 11) is 0. The summed E-state index contributed by atoms with van der Waals surface area (Å²) in [4.78, 5) is 25.4. The van der Waals surface area contributed by atoms with Crippen molar-refractivity contribution in [3.8, 4) is 5.75 Å². The van der Waals surface area contributed by atoms with Gasteiger partial charge < -0.3 is 24.6 Å². The zero-order chi connectivity index (χ0) is 19.3. The molecular weight excluding hydrogens is 400 g/mol. The maximum absolute atomic E-state index is 14.8. The van der Waals surface area contributed by atoms with Crippen LogP contribution in [0.2, 0.25) is 0 Å². The predicted molar refractivity (Wildman–Crippen MR) is 100.0 cm³/mol. The number of nitrogens with one attached hydrogen (secondary N) is 1. The lowest BCUT2D eigenvalue weighted by molar-refractivity contribution is 0.143. The molecule has 1 aliphatic heterocycles. The Bertz CT molecular complexity index is 988. The van der Waals surface area contributed by atoms with E-state index >= 15 is 0 Å². The zero-order valence-electron chi connectivity index (χ0n) is 14.0. The van der Waals surface area contributed by atoms with Crippen LogP contribution in [0.3, 0.4) is 0 Å². The summed E-state index contributed by atoms with van der Waals surface area (Å²) in [5.41, 5.74) is 0.102. The lowest BCUT2D eigenvalue weighted by atomic mass is 10.1. The largest absolute Gasteiger partial charge is 0.511 e. The first kappa shape index (κ1) is 18.3. The molecule has 2 heterocycles. The summed E-state index contributed by atoms with van der Waals surface area (Å²) in [6, 6.07) is 2.33. The van der Waals surface area contributed by atoms with Crippen molar-refractivity contribution >= 4 is 45.9 Å². The van der Waals surface area contributed by atoms with Crippen LogP contribution < -0.4 is 20.4 Å². The fourth-order valence-corrected chi connectivity index (χ4v) is 3.91. The minimum absolute atomic E-state index is 0.0150. The average molecular weight is 416 g/mol. The molecule has 0 amide bonds. The Labute approximate surface area is 163 Å². The maximum Gasteiger partial charge on any atom is 0.511 e. The van der Waals surface area contributed by atoms with Crippen LogP contribution in [0.5, 0.6) is 5.75 Å². The highest BCUT2D eigenvalue weighted by molar-refractivity contribution is 6.51. The fourth-order valence-electron chi connectivity index (χ4n) is 3.41. The Morgan fingerprint density at radius 2 is 2.00 bits per heavy atom. The number of hydrogen-bond donors (Lipinski definition) is 2. The molecule has 0 bridgehead atoms. The summed E-state index contributed by atoms with van der Waals surface area (Å²) in [6.07, 6.45) is 0.0609. The van der Waals surface area contributed by atoms with Gasteiger partial charge in [-0.25, -0.2) is 9.18 Å². The van der Waals surface area contributed by atoms with Crippen LogP contribution in [0.25, 0.3) is 10.9 Å². The standard InChI is InChI=1S/C17H16Cl2FN3O4/c18-17(19)7-14(17)23-8-13(27-16(25)26)15(24)9-5-10(20)12(6-11(9)23)22-3-1-21-2-4-22/h5-6,8,14,21H,1-4,7H2,(H,25,26). The van der Waals surface area contributed by atoms with Crippen molar-refractivity contribution in [3.63, 3.8) is 0 Å². The molecule has 10 heteroatoms. The number of fused-ring (bicyclic) bond motifs is 1. The van der Waals surface area contributed by atoms with Crippen molar-refractivity contribution in [3.05, 3.63) is 34.4 Å². The third-order valence-corrected chi connectivity index (χ3v) is 5.66. The molecule has 1 aromatic carbocycles. The Hall–Kier alpha value is -2.03. The number of nitrogens with zero attached hydrogens (tertiary/aromatic N) is 2. The molecule has 2 aromatic rings. The molecule has 1 atom stereocenters. The molecule has 0 spiro atoms. The highest BCUT2D eigenvalue weighted by atomic mass is 35.5. The first-order valence-corrected chi connectivity index (χ1v) is 9.16. The predicted octanol–water partition coefficient (Wildman–Crippen LogP) is 2.73. The number of aromatic nitrogens is 1. The molecule has 0 radical (unpaired) electrons. The first-order valence-electron chi connectivity index (χ1n) is 8.40. The number of rotatable bonds is 3. The van der Waals surface area contributed by atoms with E-state index in [9.17, 15) is 14.0 Å². The molecule has 1 saturated carbocycles. The van der Waals surface area contributed by atoms with Gasteiger partial charge in [0.2, 0.25) is 5.43 Å². The summed E-state index contributed by atoms with van der Waals surface area (Å²) in [5, 5.41) is 12.1. The summed E-state index contributed by atoms with van der Waals surface area (Å²) in [6.45, 7) is 2.71. The van der Waals surface area contributed by atoms with Gasteiger partial charge in [0.25, 0.3) is 0 Å². The molecule has 1 unspecified atom stereocenters. The van der Waals surface area contributed by atoms with Crippen molar-refractivity contribution in [2.24, 2.45) is 0 Å². The van der Waals surface area contributed by atoms with Crippen LogP contribution in [0.4, 0.5) is 14.9 Å². The fraction of sp³-hybridized carbons (Fsp3) is 0.412. The van der Waals surface area contributed by atoms with Gasteiger partial charge in [-0.3, -0.25) is 4.79 Å². The Morgan fingerprint density at radius 3 is 2.59 bits per heavy atom. The average Bonchev–Trinajstić information content (AvgIpc) is 3.25. The van der Waals surface area contributed by atoms with E-state index in [4.69, 9.17) is 28.3 Å². The molecule has 2 fully saturated rings. The van der Waals surface area contributed by atoms with Crippen LogP contribution in [-0.4, -0.2) is 46.3 Å². The molecule has 144 valence electrons. The van der Waals surface area contributed by atoms with Gasteiger partial charge in [0.05, 0.1) is 28.8 Å². The summed E-state index contributed by atoms with van der Waals surface area (Å²) >= 11 is 12.4. The van der Waals surface area contributed by atoms with Crippen LogP contribution in [0, 0.1) is 5.82 Å². The number of piperazine rings is 1. The van der Waals surface area contributed by atoms with E-state index in [1.807, 2.05) is 4.90 Å². The second-order valence-electron chi connectivity index (χ2n) is 6.64. The quantitative estimate of drug-likeness (QED) is 0.592. The molecular formula is C17H16Cl2FN3O4. The number of benzene rings is 1. The van der Waals surface area contributed by atoms with E-state index in [-0.39, 0.29) is 11.4 Å². The van der Waals surface area contributed by atoms with Crippen molar-refractivity contribution in [1.82, 2.24) is 9.88 Å². The molecule has 2 N–H and O–H groups in total. The van der Waals surface area contributed by atoms with E-state index in [0.29, 0.717) is 30.7 Å². The molecule has 1 aliphatic carbocycles. The van der Waals surface area contributed by atoms with Crippen molar-refractivity contribution < 1.29 is 19.0 Å². The molecule has 4 rings (SSSR count). The second kappa shape index (κ2) is 6.54. The minimum atomic E-state index is -1.63. The Morgan fingerprint density at radius 1 is 1.33 bits per heavy atom. The molecule has 1 aromatic heterocycles. The summed E-state index contributed by atoms with van der Waals surface area (Å²) < 4.78 is 19.9. The van der Waals surface area contributed by atoms with Gasteiger partial charge in [-0.15, -0.1) is 0 Å². The van der Waals surface area contributed by atoms with E-state index in [2.05, 4.69) is 10.1 Å². The number of alkyl halides is 2. The number of anilines is 1. The van der Waals surface area contributed by atoms with Crippen molar-refractivity contribution in [1.29, 1.82) is 0 Å². The SMILES string of the molecule is O=C(O)Oc1cn(C2CC2(Cl)Cl)c2cc(N3CCNCC3)c(F)cc2c1=O. The number of ether oxygens (including phenoxy) is 1. The highest BCUT2D eigenvalue weighted by Gasteiger charge is 2.53. The van der Waals surface area contributed by atoms with Gasteiger partial charge in [0, 0.05) is 32.6 Å². The maximum atomic E-state index is 14.8. The van der Waals surface area contributed by atoms with Gasteiger partial charge in [-0.1, -0.05) is 23.2 Å². The van der Waals surface area contributed by atoms with Crippen LogP contribution in [0.15, 0.2) is 23.1 Å². The monoisotopic (exact) mass is 415 g/mol. The van der Waals surface area contributed by atoms with Crippen LogP contribution in [0.1, 0.15) is 12.5 Å². The van der Waals surface area contributed by atoms with Gasteiger partial charge in [0.15, 0.2) is 5.75 Å². The normalized spacial score (nSPS) is 21.3. The first-order chi connectivity index (χ1) is 12.8. The number of hydrogen-bond acceptors (Lipinski definition) is 5. The van der Waals surface area contributed by atoms with Crippen LogP contribution in [-0.2, 0) is 0 Å². The number of carboxylic acid groups (broad SMARTS) is 1. The van der Waals surface area contributed by atoms with E-state index in [1.165, 1.54) is 6.20 Å². The van der Waals surface area contributed by atoms with Gasteiger partial charge in [-0.05, 0) is 12.1 Å². The lowest BCUT2D eigenvalue weighted by Crippen LogP contribution is -2.43. The van der Waals surface area contributed by atoms with Crippen molar-refractivity contribution in [2.45, 2.75) is 16.8 Å². The van der Waals surface area contributed by atoms with Gasteiger partial charge >= 0.3 is 6.16 Å². The third-order valence-electron chi connectivity index (χ3n) is 4.85. The smallest absolute Gasteiger partial charge is 0.449 e. The third kappa shape index (κ3) is 3.33. The lowest BCUT2D eigenvalue weighted by Gasteiger charge is -2.30. The molecule has 7 nitrogen and oxygen atoms in total. The highest BCUT2D eigenvalue weighted by Crippen LogP contribution is 2.57. The Balaban J connectivity index is 1.92. The second-order valence-corrected chi connectivity index (χ2v) is 8.18. The van der Waals surface area contributed by atoms with Crippen molar-refractivity contribution in [2.75, 3.05) is 31.1 Å². The number of halogens is 3. The molecule has 2 aliphatic rings. The minimum Gasteiger partial charge on any atom is -0.449 e. The van der Waals surface area contributed by atoms with Crippen LogP contribution >= 0.6 is 23.2 Å². The van der Waals surface area contributed by atoms with E-state index in [0.717, 1.165) is 19.2 Å². The zero-order valence-corrected chi connectivity index (χ0v) is 15.6. The molecule has 27 heavy (non-hydrogen) atoms. The van der Waals surface area contributed by atoms with Gasteiger partial charge in [-0.2, -0.15) is 0 Å². The molecule has 1 saturated heterocycles. The van der Waals surface area contributed by atoms with Gasteiger partial charge in [0.1, 0.15) is 10.2 Å². The summed E-state index contributed by atoms with van der Waals surface area (Å²) in [5.74, 6) is -0.973. The topological polar surface area (TPSA) is 83.8 Å². The van der Waals surface area contributed by atoms with E-state index < -0.39 is 27.5 Å². The Kier molecular flexibility index (Phi) is 4.44. The number of pyridine rings is 1. The number of carbonyl (C=O) groups is 1. The van der Waals surface area contributed by atoms with E-state index in [1.54, 1.807) is 10.6 Å².